The lowest BCUT2D eigenvalue weighted by molar-refractivity contribution is 0.0697. The van der Waals surface area contributed by atoms with Gasteiger partial charge in [0.1, 0.15) is 11.6 Å². The summed E-state index contributed by atoms with van der Waals surface area (Å²) in [5.41, 5.74) is 2.08. The summed E-state index contributed by atoms with van der Waals surface area (Å²) in [7, 11) is 0. The first-order chi connectivity index (χ1) is 11.5. The first kappa shape index (κ1) is 14.9. The van der Waals surface area contributed by atoms with Crippen LogP contribution in [0, 0.1) is 17.6 Å². The van der Waals surface area contributed by atoms with Crippen molar-refractivity contribution in [3.05, 3.63) is 76.9 Å². The second kappa shape index (κ2) is 5.44. The molecule has 2 aromatic carbocycles. The highest BCUT2D eigenvalue weighted by Gasteiger charge is 2.39. The number of hydrogen-bond donors (Lipinski definition) is 2. The maximum Gasteiger partial charge on any atom is 0.335 e. The molecular formula is C19H15F2NO2. The van der Waals surface area contributed by atoms with E-state index in [0.29, 0.717) is 11.3 Å². The van der Waals surface area contributed by atoms with Crippen LogP contribution < -0.4 is 5.32 Å². The molecule has 0 unspecified atom stereocenters. The van der Waals surface area contributed by atoms with E-state index in [1.807, 2.05) is 12.2 Å². The average molecular weight is 327 g/mol. The molecule has 3 atom stereocenters. The Morgan fingerprint density at radius 2 is 1.92 bits per heavy atom. The molecule has 3 nitrogen and oxygen atoms in total. The fraction of sp³-hybridized carbons (Fsp3) is 0.211. The predicted molar refractivity (Wildman–Crippen MR) is 86.1 cm³/mol. The fourth-order valence-corrected chi connectivity index (χ4v) is 3.78. The van der Waals surface area contributed by atoms with Crippen LogP contribution in [0.1, 0.15) is 39.9 Å². The van der Waals surface area contributed by atoms with Gasteiger partial charge < -0.3 is 10.4 Å². The molecule has 2 N–H and O–H groups in total. The molecule has 0 aromatic heterocycles. The molecule has 24 heavy (non-hydrogen) atoms. The molecule has 1 aliphatic carbocycles. The second-order valence-corrected chi connectivity index (χ2v) is 6.25. The maximum atomic E-state index is 14.2. The van der Waals surface area contributed by atoms with E-state index in [9.17, 15) is 13.6 Å². The zero-order valence-corrected chi connectivity index (χ0v) is 12.7. The topological polar surface area (TPSA) is 49.3 Å². The number of fused-ring (bicyclic) bond motifs is 3. The molecule has 1 aliphatic heterocycles. The Morgan fingerprint density at radius 3 is 2.62 bits per heavy atom. The van der Waals surface area contributed by atoms with Crippen molar-refractivity contribution in [2.45, 2.75) is 18.4 Å². The molecule has 0 saturated carbocycles. The van der Waals surface area contributed by atoms with E-state index in [-0.39, 0.29) is 23.4 Å². The highest BCUT2D eigenvalue weighted by molar-refractivity contribution is 5.87. The highest BCUT2D eigenvalue weighted by atomic mass is 19.1. The third-order valence-electron chi connectivity index (χ3n) is 4.90. The number of nitrogens with one attached hydrogen (secondary N) is 1. The Morgan fingerprint density at radius 1 is 1.17 bits per heavy atom. The Balaban J connectivity index is 1.76. The third-order valence-corrected chi connectivity index (χ3v) is 4.90. The smallest absolute Gasteiger partial charge is 0.335 e. The molecule has 0 fully saturated rings. The van der Waals surface area contributed by atoms with Crippen LogP contribution in [0.15, 0.2) is 48.6 Å². The molecule has 0 amide bonds. The predicted octanol–water partition coefficient (Wildman–Crippen LogP) is 4.49. The van der Waals surface area contributed by atoms with Gasteiger partial charge in [-0.25, -0.2) is 13.6 Å². The summed E-state index contributed by atoms with van der Waals surface area (Å²) < 4.78 is 27.8. The van der Waals surface area contributed by atoms with Gasteiger partial charge >= 0.3 is 5.97 Å². The summed E-state index contributed by atoms with van der Waals surface area (Å²) in [6, 6.07) is 8.73. The minimum Gasteiger partial charge on any atom is -0.478 e. The SMILES string of the molecule is O=C(O)c1ccc([C@H]2Nc3c(F)cc(F)cc3[C@H]3C=CC[C@H]32)cc1. The highest BCUT2D eigenvalue weighted by Crippen LogP contribution is 2.50. The first-order valence-electron chi connectivity index (χ1n) is 7.80. The number of carboxylic acid groups (broad SMARTS) is 1. The number of benzene rings is 2. The number of halogens is 2. The number of allylic oxidation sites excluding steroid dienone is 2. The minimum atomic E-state index is -0.981. The lowest BCUT2D eigenvalue weighted by atomic mass is 9.77. The van der Waals surface area contributed by atoms with Crippen molar-refractivity contribution >= 4 is 11.7 Å². The van der Waals surface area contributed by atoms with Crippen LogP contribution >= 0.6 is 0 Å². The molecule has 5 heteroatoms. The normalized spacial score (nSPS) is 24.2. The lowest BCUT2D eigenvalue weighted by Gasteiger charge is -2.37. The number of carbonyl (C=O) groups is 1. The summed E-state index contributed by atoms with van der Waals surface area (Å²) in [6.45, 7) is 0. The van der Waals surface area contributed by atoms with Crippen LogP contribution in [0.3, 0.4) is 0 Å². The van der Waals surface area contributed by atoms with Gasteiger partial charge in [0.2, 0.25) is 0 Å². The maximum absolute atomic E-state index is 14.2. The number of aromatic carboxylic acids is 1. The Hall–Kier alpha value is -2.69. The molecule has 2 aliphatic rings. The van der Waals surface area contributed by atoms with Crippen LogP contribution in [0.4, 0.5) is 14.5 Å². The van der Waals surface area contributed by atoms with Crippen LogP contribution in [0.5, 0.6) is 0 Å². The van der Waals surface area contributed by atoms with Crippen molar-refractivity contribution < 1.29 is 18.7 Å². The fourth-order valence-electron chi connectivity index (χ4n) is 3.78. The van der Waals surface area contributed by atoms with Gasteiger partial charge in [0.25, 0.3) is 0 Å². The summed E-state index contributed by atoms with van der Waals surface area (Å²) in [6.07, 6.45) is 4.84. The van der Waals surface area contributed by atoms with Crippen molar-refractivity contribution in [1.29, 1.82) is 0 Å². The largest absolute Gasteiger partial charge is 0.478 e. The number of anilines is 1. The average Bonchev–Trinajstić information content (AvgIpc) is 3.04. The summed E-state index contributed by atoms with van der Waals surface area (Å²) >= 11 is 0. The lowest BCUT2D eigenvalue weighted by Crippen LogP contribution is -2.30. The standard InChI is InChI=1S/C19H15F2NO2/c20-12-8-15-13-2-1-3-14(13)17(22-18(15)16(21)9-12)10-4-6-11(7-5-10)19(23)24/h1-2,4-9,13-14,17,22H,3H2,(H,23,24)/t13-,14+,17+/m0/s1. The zero-order chi connectivity index (χ0) is 16.8. The molecule has 1 heterocycles. The molecule has 122 valence electrons. The van der Waals surface area contributed by atoms with E-state index in [4.69, 9.17) is 5.11 Å². The Bertz CT molecular complexity index is 845. The van der Waals surface area contributed by atoms with Gasteiger partial charge in [0.05, 0.1) is 17.3 Å². The van der Waals surface area contributed by atoms with E-state index < -0.39 is 17.6 Å². The molecule has 0 spiro atoms. The molecule has 0 bridgehead atoms. The van der Waals surface area contributed by atoms with Gasteiger partial charge in [-0.3, -0.25) is 0 Å². The van der Waals surface area contributed by atoms with Gasteiger partial charge in [0, 0.05) is 12.0 Å². The second-order valence-electron chi connectivity index (χ2n) is 6.25. The number of hydrogen-bond acceptors (Lipinski definition) is 2. The van der Waals surface area contributed by atoms with E-state index in [1.165, 1.54) is 6.07 Å². The van der Waals surface area contributed by atoms with E-state index in [1.54, 1.807) is 24.3 Å². The summed E-state index contributed by atoms with van der Waals surface area (Å²) in [5, 5.41) is 12.2. The summed E-state index contributed by atoms with van der Waals surface area (Å²) in [5.74, 6) is -2.05. The van der Waals surface area contributed by atoms with Crippen molar-refractivity contribution in [2.24, 2.45) is 5.92 Å². The van der Waals surface area contributed by atoms with Crippen molar-refractivity contribution in [2.75, 3.05) is 5.32 Å². The van der Waals surface area contributed by atoms with Gasteiger partial charge in [-0.1, -0.05) is 24.3 Å². The van der Waals surface area contributed by atoms with E-state index in [0.717, 1.165) is 18.1 Å². The van der Waals surface area contributed by atoms with Gasteiger partial charge in [-0.2, -0.15) is 0 Å². The van der Waals surface area contributed by atoms with Crippen LogP contribution in [-0.4, -0.2) is 11.1 Å². The first-order valence-corrected chi connectivity index (χ1v) is 7.80. The zero-order valence-electron chi connectivity index (χ0n) is 12.7. The van der Waals surface area contributed by atoms with E-state index >= 15 is 0 Å². The van der Waals surface area contributed by atoms with E-state index in [2.05, 4.69) is 5.32 Å². The Kier molecular flexibility index (Phi) is 3.37. The minimum absolute atomic E-state index is 0.0457. The summed E-state index contributed by atoms with van der Waals surface area (Å²) in [4.78, 5) is 11.0. The van der Waals surface area contributed by atoms with Crippen molar-refractivity contribution in [3.63, 3.8) is 0 Å². The van der Waals surface area contributed by atoms with Crippen molar-refractivity contribution in [1.82, 2.24) is 0 Å². The number of rotatable bonds is 2. The third kappa shape index (κ3) is 2.28. The molecular weight excluding hydrogens is 312 g/mol. The van der Waals surface area contributed by atoms with Crippen LogP contribution in [0.25, 0.3) is 0 Å². The van der Waals surface area contributed by atoms with Gasteiger partial charge in [0.15, 0.2) is 0 Å². The quantitative estimate of drug-likeness (QED) is 0.799. The van der Waals surface area contributed by atoms with Crippen LogP contribution in [0.2, 0.25) is 0 Å². The van der Waals surface area contributed by atoms with Crippen molar-refractivity contribution in [3.8, 4) is 0 Å². The van der Waals surface area contributed by atoms with Crippen LogP contribution in [-0.2, 0) is 0 Å². The number of carboxylic acids is 1. The Labute approximate surface area is 137 Å². The molecule has 0 radical (unpaired) electrons. The van der Waals surface area contributed by atoms with Gasteiger partial charge in [-0.15, -0.1) is 0 Å². The molecule has 4 rings (SSSR count). The molecule has 2 aromatic rings. The monoisotopic (exact) mass is 327 g/mol. The molecule has 0 saturated heterocycles. The van der Waals surface area contributed by atoms with Gasteiger partial charge in [-0.05, 0) is 41.7 Å².